The molecule has 17 heteroatoms. The zero-order valence-corrected chi connectivity index (χ0v) is 29.1. The monoisotopic (exact) mass is 728 g/mol. The van der Waals surface area contributed by atoms with E-state index in [-0.39, 0.29) is 18.6 Å². The van der Waals surface area contributed by atoms with Crippen molar-refractivity contribution in [3.8, 4) is 0 Å². The lowest BCUT2D eigenvalue weighted by molar-refractivity contribution is -0.137. The van der Waals surface area contributed by atoms with Crippen LogP contribution in [0.1, 0.15) is 18.1 Å². The van der Waals surface area contributed by atoms with Crippen LogP contribution in [0.4, 0.5) is 4.79 Å². The molecular formula is C32H37N6O8PS2. The van der Waals surface area contributed by atoms with E-state index in [0.29, 0.717) is 0 Å². The molecule has 260 valence electrons. The number of rotatable bonds is 14. The second-order valence-corrected chi connectivity index (χ2v) is 15.3. The van der Waals surface area contributed by atoms with Gasteiger partial charge in [0.05, 0.1) is 5.49 Å². The molecule has 49 heavy (non-hydrogen) atoms. The number of hydrogen-bond acceptors (Lipinski definition) is 8. The summed E-state index contributed by atoms with van der Waals surface area (Å²) in [6.07, 6.45) is 0.182. The van der Waals surface area contributed by atoms with Crippen molar-refractivity contribution in [3.05, 3.63) is 83.2 Å². The summed E-state index contributed by atoms with van der Waals surface area (Å²) in [5.41, 5.74) is 8.78. The first-order valence-corrected chi connectivity index (χ1v) is 18.8. The van der Waals surface area contributed by atoms with Crippen molar-refractivity contribution in [1.29, 1.82) is 0 Å². The molecule has 0 aliphatic rings. The Morgan fingerprint density at radius 2 is 1.59 bits per heavy atom. The van der Waals surface area contributed by atoms with E-state index < -0.39 is 60.9 Å². The molecule has 4 rings (SSSR count). The summed E-state index contributed by atoms with van der Waals surface area (Å²) in [5, 5.41) is 13.1. The van der Waals surface area contributed by atoms with Crippen molar-refractivity contribution < 1.29 is 38.3 Å². The number of carbonyl (C=O) groups excluding carboxylic acids is 5. The Hall–Kier alpha value is -4.47. The number of nitrogens with one attached hydrogen (secondary N) is 4. The molecule has 1 aromatic heterocycles. The van der Waals surface area contributed by atoms with Crippen molar-refractivity contribution in [2.75, 3.05) is 18.3 Å². The van der Waals surface area contributed by atoms with Crippen molar-refractivity contribution in [2.24, 2.45) is 5.73 Å². The summed E-state index contributed by atoms with van der Waals surface area (Å²) in [6.45, 7) is 1.25. The molecule has 0 saturated heterocycles. The topological polar surface area (TPSA) is 220 Å². The second-order valence-electron chi connectivity index (χ2n) is 11.3. The Kier molecular flexibility index (Phi) is 12.8. The minimum absolute atomic E-state index is 0.0763. The number of primary amides is 1. The number of fused-ring (bicyclic) bond motifs is 2. The highest BCUT2D eigenvalue weighted by atomic mass is 32.2. The predicted molar refractivity (Wildman–Crippen MR) is 190 cm³/mol. The Morgan fingerprint density at radius 3 is 2.29 bits per heavy atom. The van der Waals surface area contributed by atoms with Crippen molar-refractivity contribution in [1.82, 2.24) is 26.4 Å². The van der Waals surface area contributed by atoms with Crippen LogP contribution in [0.25, 0.3) is 20.9 Å². The third-order valence-corrected chi connectivity index (χ3v) is 11.0. The number of hydrogen-bond donors (Lipinski definition) is 7. The van der Waals surface area contributed by atoms with Crippen LogP contribution in [0.15, 0.2) is 72.1 Å². The SMILES string of the molecule is CC(=O)N[C@@H](Cc1csc2ccccc12)C(=O)N[C@@H](CSCP(=O)(O)O)C(=O)N(C)NC(=O)N[C@@H](Cc1ccc2ccccc2c1)C(N)=O. The maximum atomic E-state index is 13.5. The van der Waals surface area contributed by atoms with E-state index in [4.69, 9.17) is 5.73 Å². The normalized spacial score (nSPS) is 13.2. The van der Waals surface area contributed by atoms with Crippen LogP contribution < -0.4 is 27.1 Å². The van der Waals surface area contributed by atoms with E-state index in [1.807, 2.05) is 72.1 Å². The van der Waals surface area contributed by atoms with Gasteiger partial charge in [-0.15, -0.1) is 23.1 Å². The van der Waals surface area contributed by atoms with Crippen LogP contribution in [0.5, 0.6) is 0 Å². The average molecular weight is 729 g/mol. The molecule has 0 fully saturated rings. The van der Waals surface area contributed by atoms with E-state index in [2.05, 4.69) is 21.4 Å². The molecule has 4 aromatic rings. The smallest absolute Gasteiger partial charge is 0.335 e. The van der Waals surface area contributed by atoms with Crippen molar-refractivity contribution in [2.45, 2.75) is 37.9 Å². The first-order valence-electron chi connectivity index (χ1n) is 15.0. The molecule has 0 aliphatic carbocycles. The molecule has 3 atom stereocenters. The molecular weight excluding hydrogens is 691 g/mol. The van der Waals surface area contributed by atoms with Gasteiger partial charge in [-0.3, -0.25) is 28.8 Å². The molecule has 0 unspecified atom stereocenters. The Balaban J connectivity index is 1.45. The molecule has 0 bridgehead atoms. The van der Waals surface area contributed by atoms with E-state index >= 15 is 0 Å². The van der Waals surface area contributed by atoms with Gasteiger partial charge in [-0.2, -0.15) is 0 Å². The van der Waals surface area contributed by atoms with Gasteiger partial charge in [0.2, 0.25) is 17.7 Å². The highest BCUT2D eigenvalue weighted by Gasteiger charge is 2.31. The largest absolute Gasteiger partial charge is 0.368 e. The molecule has 0 saturated carbocycles. The summed E-state index contributed by atoms with van der Waals surface area (Å²) in [7, 11) is -3.25. The van der Waals surface area contributed by atoms with Gasteiger partial charge in [0.15, 0.2) is 0 Å². The third kappa shape index (κ3) is 11.0. The summed E-state index contributed by atoms with van der Waals surface area (Å²) in [4.78, 5) is 82.9. The minimum atomic E-state index is -4.46. The van der Waals surface area contributed by atoms with Crippen LogP contribution in [0, 0.1) is 0 Å². The number of thioether (sulfide) groups is 1. The second kappa shape index (κ2) is 16.8. The van der Waals surface area contributed by atoms with Crippen LogP contribution >= 0.6 is 30.7 Å². The highest BCUT2D eigenvalue weighted by molar-refractivity contribution is 8.04. The molecule has 8 N–H and O–H groups in total. The minimum Gasteiger partial charge on any atom is -0.368 e. The maximum absolute atomic E-state index is 13.5. The molecule has 0 aliphatic heterocycles. The number of amides is 6. The number of thiophene rings is 1. The van der Waals surface area contributed by atoms with E-state index in [1.54, 1.807) is 0 Å². The fourth-order valence-corrected chi connectivity index (χ4v) is 7.87. The summed E-state index contributed by atoms with van der Waals surface area (Å²) >= 11 is 2.20. The Labute approximate surface area is 290 Å². The number of benzene rings is 3. The molecule has 3 aromatic carbocycles. The van der Waals surface area contributed by atoms with Crippen LogP contribution in [0.3, 0.4) is 0 Å². The molecule has 0 spiro atoms. The number of urea groups is 1. The molecule has 0 radical (unpaired) electrons. The van der Waals surface area contributed by atoms with Gasteiger partial charge in [0.1, 0.15) is 18.1 Å². The van der Waals surface area contributed by atoms with Crippen molar-refractivity contribution in [3.63, 3.8) is 0 Å². The first kappa shape index (κ1) is 37.4. The molecule has 1 heterocycles. The van der Waals surface area contributed by atoms with Crippen LogP contribution in [-0.2, 0) is 36.6 Å². The van der Waals surface area contributed by atoms with E-state index in [1.165, 1.54) is 25.3 Å². The number of hydrazine groups is 1. The zero-order valence-electron chi connectivity index (χ0n) is 26.6. The summed E-state index contributed by atoms with van der Waals surface area (Å²) < 4.78 is 12.5. The van der Waals surface area contributed by atoms with E-state index in [9.17, 15) is 38.3 Å². The fraction of sp³-hybridized carbons (Fsp3) is 0.281. The Morgan fingerprint density at radius 1 is 0.898 bits per heavy atom. The van der Waals surface area contributed by atoms with Gasteiger partial charge in [-0.05, 0) is 38.7 Å². The predicted octanol–water partition coefficient (Wildman–Crippen LogP) is 2.22. The fourth-order valence-electron chi connectivity index (χ4n) is 5.06. The lowest BCUT2D eigenvalue weighted by Crippen LogP contribution is -2.59. The number of nitrogens with zero attached hydrogens (tertiary/aromatic N) is 1. The number of carbonyl (C=O) groups is 5. The Bertz CT molecular complexity index is 1900. The van der Waals surface area contributed by atoms with Gasteiger partial charge in [-0.25, -0.2) is 10.2 Å². The lowest BCUT2D eigenvalue weighted by atomic mass is 10.0. The quantitative estimate of drug-likeness (QED) is 0.0747. The third-order valence-electron chi connectivity index (χ3n) is 7.34. The average Bonchev–Trinajstić information content (AvgIpc) is 3.45. The van der Waals surface area contributed by atoms with Gasteiger partial charge in [-0.1, -0.05) is 60.7 Å². The zero-order chi connectivity index (χ0) is 35.7. The first-order chi connectivity index (χ1) is 23.2. The van der Waals surface area contributed by atoms with Crippen LogP contribution in [-0.4, -0.2) is 80.9 Å². The maximum Gasteiger partial charge on any atom is 0.335 e. The van der Waals surface area contributed by atoms with Crippen LogP contribution in [0.2, 0.25) is 0 Å². The van der Waals surface area contributed by atoms with Gasteiger partial charge < -0.3 is 31.5 Å². The van der Waals surface area contributed by atoms with Gasteiger partial charge >= 0.3 is 13.6 Å². The molecule has 6 amide bonds. The van der Waals surface area contributed by atoms with E-state index in [0.717, 1.165) is 48.8 Å². The van der Waals surface area contributed by atoms with Gasteiger partial charge in [0.25, 0.3) is 5.91 Å². The number of likely N-dealkylation sites (N-methyl/N-ethyl adjacent to an activating group) is 1. The standard InChI is InChI=1S/C32H37N6O8PS2/c1-19(39)34-26(15-23-16-49-28-10-6-5-9-24(23)28)30(41)35-27(17-48-18-47(44,45)46)31(42)38(2)37-32(43)36-25(29(33)40)14-20-11-12-21-7-3-4-8-22(21)13-20/h3-13,16,25-27H,14-15,17-18H2,1-2H3,(H2,33,40)(H,34,39)(H,35,41)(H2,36,37,43)(H2,44,45,46)/t25-,26-,27-/m0/s1. The van der Waals surface area contributed by atoms with Crippen molar-refractivity contribution >= 4 is 81.2 Å². The number of nitrogens with two attached hydrogens (primary N) is 1. The molecule has 14 nitrogen and oxygen atoms in total. The highest BCUT2D eigenvalue weighted by Crippen LogP contribution is 2.38. The summed E-state index contributed by atoms with van der Waals surface area (Å²) in [5.74, 6) is -3.12. The summed E-state index contributed by atoms with van der Waals surface area (Å²) in [6, 6.07) is 16.2. The lowest BCUT2D eigenvalue weighted by Gasteiger charge is -2.27. The van der Waals surface area contributed by atoms with Gasteiger partial charge in [0, 0.05) is 37.3 Å².